The van der Waals surface area contributed by atoms with Crippen LogP contribution in [0.3, 0.4) is 0 Å². The third-order valence-corrected chi connectivity index (χ3v) is 3.16. The van der Waals surface area contributed by atoms with Gasteiger partial charge < -0.3 is 10.2 Å². The number of carbonyl (C=O) groups excluding carboxylic acids is 2. The molecule has 1 heterocycles. The summed E-state index contributed by atoms with van der Waals surface area (Å²) < 4.78 is 13.6. The SMILES string of the molecule is CC1C(=O)NCC(=O)N1Cc1cc(Cl)ccc1F. The first-order chi connectivity index (χ1) is 8.49. The number of piperazine rings is 1. The van der Waals surface area contributed by atoms with E-state index < -0.39 is 11.9 Å². The van der Waals surface area contributed by atoms with Gasteiger partial charge in [-0.25, -0.2) is 4.39 Å². The topological polar surface area (TPSA) is 49.4 Å². The zero-order valence-electron chi connectivity index (χ0n) is 9.74. The van der Waals surface area contributed by atoms with Crippen molar-refractivity contribution in [3.63, 3.8) is 0 Å². The first kappa shape index (κ1) is 12.8. The molecule has 0 radical (unpaired) electrons. The maximum Gasteiger partial charge on any atom is 0.242 e. The Balaban J connectivity index is 2.23. The molecule has 2 rings (SSSR count). The molecule has 6 heteroatoms. The fourth-order valence-corrected chi connectivity index (χ4v) is 2.04. The van der Waals surface area contributed by atoms with E-state index in [-0.39, 0.29) is 24.9 Å². The van der Waals surface area contributed by atoms with E-state index in [1.807, 2.05) is 0 Å². The van der Waals surface area contributed by atoms with Crippen LogP contribution >= 0.6 is 11.6 Å². The van der Waals surface area contributed by atoms with Crippen LogP contribution in [0.1, 0.15) is 12.5 Å². The number of benzene rings is 1. The standard InChI is InChI=1S/C12H12ClFN2O2/c1-7-12(18)15-5-11(17)16(7)6-8-4-9(13)2-3-10(8)14/h2-4,7H,5-6H2,1H3,(H,15,18). The normalized spacial score (nSPS) is 19.9. The van der Waals surface area contributed by atoms with Crippen molar-refractivity contribution in [3.05, 3.63) is 34.6 Å². The summed E-state index contributed by atoms with van der Waals surface area (Å²) >= 11 is 5.79. The average molecular weight is 271 g/mol. The maximum absolute atomic E-state index is 13.6. The fraction of sp³-hybridized carbons (Fsp3) is 0.333. The molecule has 96 valence electrons. The predicted molar refractivity (Wildman–Crippen MR) is 64.4 cm³/mol. The van der Waals surface area contributed by atoms with Gasteiger partial charge in [-0.05, 0) is 25.1 Å². The molecule has 0 bridgehead atoms. The Morgan fingerprint density at radius 2 is 2.22 bits per heavy atom. The Labute approximate surface area is 109 Å². The van der Waals surface area contributed by atoms with Crippen molar-refractivity contribution in [1.82, 2.24) is 10.2 Å². The van der Waals surface area contributed by atoms with Crippen molar-refractivity contribution >= 4 is 23.4 Å². The highest BCUT2D eigenvalue weighted by Gasteiger charge is 2.31. The van der Waals surface area contributed by atoms with Gasteiger partial charge in [0, 0.05) is 17.1 Å². The van der Waals surface area contributed by atoms with E-state index in [4.69, 9.17) is 11.6 Å². The number of rotatable bonds is 2. The van der Waals surface area contributed by atoms with Gasteiger partial charge in [0.15, 0.2) is 0 Å². The number of nitrogens with zero attached hydrogens (tertiary/aromatic N) is 1. The number of halogens is 2. The molecule has 1 aliphatic heterocycles. The van der Waals surface area contributed by atoms with Crippen LogP contribution < -0.4 is 5.32 Å². The lowest BCUT2D eigenvalue weighted by atomic mass is 10.1. The van der Waals surface area contributed by atoms with Crippen molar-refractivity contribution in [2.24, 2.45) is 0 Å². The fourth-order valence-electron chi connectivity index (χ4n) is 1.84. The summed E-state index contributed by atoms with van der Waals surface area (Å²) in [5, 5.41) is 2.87. The third-order valence-electron chi connectivity index (χ3n) is 2.93. The largest absolute Gasteiger partial charge is 0.345 e. The summed E-state index contributed by atoms with van der Waals surface area (Å²) in [6, 6.07) is 3.54. The monoisotopic (exact) mass is 270 g/mol. The van der Waals surface area contributed by atoms with Crippen molar-refractivity contribution in [2.75, 3.05) is 6.54 Å². The highest BCUT2D eigenvalue weighted by molar-refractivity contribution is 6.30. The second kappa shape index (κ2) is 4.94. The molecule has 0 aliphatic carbocycles. The predicted octanol–water partition coefficient (Wildman–Crippen LogP) is 1.33. The lowest BCUT2D eigenvalue weighted by Crippen LogP contribution is -2.56. The van der Waals surface area contributed by atoms with Crippen LogP contribution in [0.4, 0.5) is 4.39 Å². The van der Waals surface area contributed by atoms with Crippen molar-refractivity contribution in [1.29, 1.82) is 0 Å². The Hall–Kier alpha value is -1.62. The minimum Gasteiger partial charge on any atom is -0.345 e. The number of hydrogen-bond acceptors (Lipinski definition) is 2. The maximum atomic E-state index is 13.6. The first-order valence-electron chi connectivity index (χ1n) is 5.50. The van der Waals surface area contributed by atoms with Crippen LogP contribution in [0, 0.1) is 5.82 Å². The van der Waals surface area contributed by atoms with Crippen molar-refractivity contribution < 1.29 is 14.0 Å². The van der Waals surface area contributed by atoms with Gasteiger partial charge in [-0.3, -0.25) is 9.59 Å². The van der Waals surface area contributed by atoms with E-state index in [0.29, 0.717) is 10.6 Å². The Morgan fingerprint density at radius 1 is 1.50 bits per heavy atom. The van der Waals surface area contributed by atoms with E-state index in [2.05, 4.69) is 5.32 Å². The molecule has 1 fully saturated rings. The molecule has 0 aromatic heterocycles. The summed E-state index contributed by atoms with van der Waals surface area (Å²) in [7, 11) is 0. The van der Waals surface area contributed by atoms with Crippen molar-refractivity contribution in [3.8, 4) is 0 Å². The smallest absolute Gasteiger partial charge is 0.242 e. The van der Waals surface area contributed by atoms with Gasteiger partial charge >= 0.3 is 0 Å². The molecule has 1 aliphatic rings. The minimum absolute atomic E-state index is 0.0415. The molecule has 1 N–H and O–H groups in total. The zero-order chi connectivity index (χ0) is 13.3. The first-order valence-corrected chi connectivity index (χ1v) is 5.88. The van der Waals surface area contributed by atoms with Gasteiger partial charge in [-0.15, -0.1) is 0 Å². The van der Waals surface area contributed by atoms with Gasteiger partial charge in [0.05, 0.1) is 6.54 Å². The second-order valence-corrected chi connectivity index (χ2v) is 4.59. The number of hydrogen-bond donors (Lipinski definition) is 1. The molecule has 1 saturated heterocycles. The number of amides is 2. The Kier molecular flexibility index (Phi) is 3.52. The van der Waals surface area contributed by atoms with Crippen molar-refractivity contribution in [2.45, 2.75) is 19.5 Å². The van der Waals surface area contributed by atoms with Crippen LogP contribution in [0.5, 0.6) is 0 Å². The van der Waals surface area contributed by atoms with Gasteiger partial charge in [-0.2, -0.15) is 0 Å². The van der Waals surface area contributed by atoms with Crippen LogP contribution in [-0.2, 0) is 16.1 Å². The minimum atomic E-state index is -0.607. The molecule has 1 aromatic rings. The van der Waals surface area contributed by atoms with Gasteiger partial charge in [0.1, 0.15) is 11.9 Å². The molecule has 4 nitrogen and oxygen atoms in total. The second-order valence-electron chi connectivity index (χ2n) is 4.15. The summed E-state index contributed by atoms with van der Waals surface area (Å²) in [4.78, 5) is 24.5. The van der Waals surface area contributed by atoms with E-state index in [9.17, 15) is 14.0 Å². The molecule has 0 spiro atoms. The molecule has 0 saturated carbocycles. The van der Waals surface area contributed by atoms with Gasteiger partial charge in [0.25, 0.3) is 0 Å². The zero-order valence-corrected chi connectivity index (χ0v) is 10.5. The van der Waals surface area contributed by atoms with Crippen LogP contribution in [0.15, 0.2) is 18.2 Å². The van der Waals surface area contributed by atoms with Crippen LogP contribution in [-0.4, -0.2) is 29.3 Å². The van der Waals surface area contributed by atoms with Crippen LogP contribution in [0.25, 0.3) is 0 Å². The van der Waals surface area contributed by atoms with Gasteiger partial charge in [-0.1, -0.05) is 11.6 Å². The molecular formula is C12H12ClFN2O2. The highest BCUT2D eigenvalue weighted by atomic mass is 35.5. The molecule has 1 unspecified atom stereocenters. The molecule has 2 amide bonds. The highest BCUT2D eigenvalue weighted by Crippen LogP contribution is 2.18. The quantitative estimate of drug-likeness (QED) is 0.881. The Morgan fingerprint density at radius 3 is 2.94 bits per heavy atom. The summed E-state index contributed by atoms with van der Waals surface area (Å²) in [5.74, 6) is -0.913. The molecule has 18 heavy (non-hydrogen) atoms. The van der Waals surface area contributed by atoms with Crippen LogP contribution in [0.2, 0.25) is 5.02 Å². The Bertz CT molecular complexity index is 507. The average Bonchev–Trinajstić information content (AvgIpc) is 2.34. The number of nitrogens with one attached hydrogen (secondary N) is 1. The lowest BCUT2D eigenvalue weighted by molar-refractivity contribution is -0.145. The van der Waals surface area contributed by atoms with E-state index in [0.717, 1.165) is 0 Å². The summed E-state index contributed by atoms with van der Waals surface area (Å²) in [6.45, 7) is 1.60. The van der Waals surface area contributed by atoms with E-state index in [1.54, 1.807) is 6.92 Å². The summed E-state index contributed by atoms with van der Waals surface area (Å²) in [5.41, 5.74) is 0.303. The summed E-state index contributed by atoms with van der Waals surface area (Å²) in [6.07, 6.45) is 0. The molecular weight excluding hydrogens is 259 g/mol. The lowest BCUT2D eigenvalue weighted by Gasteiger charge is -2.32. The van der Waals surface area contributed by atoms with E-state index in [1.165, 1.54) is 23.1 Å². The molecule has 1 atom stereocenters. The van der Waals surface area contributed by atoms with E-state index >= 15 is 0 Å². The number of carbonyl (C=O) groups is 2. The third kappa shape index (κ3) is 2.46. The van der Waals surface area contributed by atoms with Gasteiger partial charge in [0.2, 0.25) is 11.8 Å². The molecule has 1 aromatic carbocycles.